The Bertz CT molecular complexity index is 383. The Morgan fingerprint density at radius 1 is 1.67 bits per heavy atom. The second kappa shape index (κ2) is 2.99. The summed E-state index contributed by atoms with van der Waals surface area (Å²) in [6.07, 6.45) is 0. The first-order valence-corrected chi connectivity index (χ1v) is 5.03. The predicted octanol–water partition coefficient (Wildman–Crippen LogP) is -1.06. The van der Waals surface area contributed by atoms with Crippen LogP contribution in [0.15, 0.2) is 4.73 Å². The van der Waals surface area contributed by atoms with Gasteiger partial charge in [0.1, 0.15) is 0 Å². The molecule has 0 bridgehead atoms. The van der Waals surface area contributed by atoms with Crippen molar-refractivity contribution in [3.63, 3.8) is 0 Å². The molecular formula is C3H6BrN5O2S. The molecule has 0 saturated heterocycles. The van der Waals surface area contributed by atoms with E-state index in [0.29, 0.717) is 4.09 Å². The largest absolute Gasteiger partial charge is 0.366 e. The highest BCUT2D eigenvalue weighted by Gasteiger charge is 2.16. The lowest BCUT2D eigenvalue weighted by Gasteiger charge is -1.99. The zero-order chi connectivity index (χ0) is 9.35. The van der Waals surface area contributed by atoms with Gasteiger partial charge in [-0.2, -0.15) is 18.1 Å². The summed E-state index contributed by atoms with van der Waals surface area (Å²) in [7, 11) is -2.38. The Morgan fingerprint density at radius 2 is 2.25 bits per heavy atom. The third kappa shape index (κ3) is 1.57. The van der Waals surface area contributed by atoms with Gasteiger partial charge in [-0.15, -0.1) is 9.19 Å². The maximum atomic E-state index is 11.1. The molecule has 1 aromatic heterocycles. The van der Waals surface area contributed by atoms with E-state index in [-0.39, 0.29) is 10.7 Å². The molecule has 0 aliphatic carbocycles. The third-order valence-corrected chi connectivity index (χ3v) is 3.02. The van der Waals surface area contributed by atoms with Crippen molar-refractivity contribution in [2.45, 2.75) is 0 Å². The SMILES string of the molecule is CNS(=O)(=O)n1nc(N)nc1Br. The van der Waals surface area contributed by atoms with Gasteiger partial charge in [0.25, 0.3) is 0 Å². The van der Waals surface area contributed by atoms with Crippen molar-refractivity contribution in [2.24, 2.45) is 0 Å². The average molecular weight is 256 g/mol. The van der Waals surface area contributed by atoms with Gasteiger partial charge in [0.2, 0.25) is 10.7 Å². The maximum Gasteiger partial charge on any atom is 0.322 e. The van der Waals surface area contributed by atoms with Crippen LogP contribution in [-0.4, -0.2) is 29.6 Å². The number of rotatable bonds is 2. The quantitative estimate of drug-likeness (QED) is 0.701. The molecule has 9 heteroatoms. The van der Waals surface area contributed by atoms with Crippen molar-refractivity contribution in [2.75, 3.05) is 12.8 Å². The minimum absolute atomic E-state index is 0.0364. The van der Waals surface area contributed by atoms with Crippen molar-refractivity contribution >= 4 is 32.1 Å². The lowest BCUT2D eigenvalue weighted by molar-refractivity contribution is 0.570. The molecular weight excluding hydrogens is 250 g/mol. The Hall–Kier alpha value is -0.670. The topological polar surface area (TPSA) is 103 Å². The van der Waals surface area contributed by atoms with Crippen molar-refractivity contribution in [3.05, 3.63) is 4.73 Å². The van der Waals surface area contributed by atoms with Crippen LogP contribution in [0.25, 0.3) is 0 Å². The second-order valence-electron chi connectivity index (χ2n) is 1.79. The summed E-state index contributed by atoms with van der Waals surface area (Å²) in [5, 5.41) is 3.44. The molecule has 0 atom stereocenters. The highest BCUT2D eigenvalue weighted by atomic mass is 79.9. The van der Waals surface area contributed by atoms with Gasteiger partial charge in [-0.3, -0.25) is 0 Å². The van der Waals surface area contributed by atoms with Crippen LogP contribution in [0.4, 0.5) is 5.95 Å². The smallest absolute Gasteiger partial charge is 0.322 e. The van der Waals surface area contributed by atoms with Gasteiger partial charge >= 0.3 is 10.2 Å². The van der Waals surface area contributed by atoms with Crippen molar-refractivity contribution in [1.29, 1.82) is 0 Å². The number of nitrogen functional groups attached to an aromatic ring is 1. The van der Waals surface area contributed by atoms with E-state index in [1.54, 1.807) is 0 Å². The van der Waals surface area contributed by atoms with Gasteiger partial charge in [0.05, 0.1) is 0 Å². The molecule has 0 aliphatic rings. The van der Waals surface area contributed by atoms with Gasteiger partial charge in [-0.1, -0.05) is 0 Å². The Morgan fingerprint density at radius 3 is 2.58 bits per heavy atom. The third-order valence-electron chi connectivity index (χ3n) is 1.04. The highest BCUT2D eigenvalue weighted by molar-refractivity contribution is 9.10. The van der Waals surface area contributed by atoms with Gasteiger partial charge < -0.3 is 5.73 Å². The van der Waals surface area contributed by atoms with Crippen LogP contribution in [0.5, 0.6) is 0 Å². The molecule has 0 aliphatic heterocycles. The van der Waals surface area contributed by atoms with Crippen LogP contribution in [0.1, 0.15) is 0 Å². The second-order valence-corrected chi connectivity index (χ2v) is 4.20. The van der Waals surface area contributed by atoms with Gasteiger partial charge in [-0.25, -0.2) is 0 Å². The van der Waals surface area contributed by atoms with Gasteiger partial charge in [-0.05, 0) is 15.9 Å². The molecule has 0 radical (unpaired) electrons. The van der Waals surface area contributed by atoms with E-state index in [9.17, 15) is 8.42 Å². The number of nitrogens with zero attached hydrogens (tertiary/aromatic N) is 3. The van der Waals surface area contributed by atoms with Crippen LogP contribution < -0.4 is 10.5 Å². The summed E-state index contributed by atoms with van der Waals surface area (Å²) in [5.41, 5.74) is 5.17. The lowest BCUT2D eigenvalue weighted by atomic mass is 11.1. The van der Waals surface area contributed by atoms with Crippen LogP contribution in [0.3, 0.4) is 0 Å². The molecule has 68 valence electrons. The molecule has 3 N–H and O–H groups in total. The number of halogens is 1. The lowest BCUT2D eigenvalue weighted by Crippen LogP contribution is -2.27. The molecule has 0 aromatic carbocycles. The molecule has 0 spiro atoms. The summed E-state index contributed by atoms with van der Waals surface area (Å²) in [6, 6.07) is 0. The van der Waals surface area contributed by atoms with Gasteiger partial charge in [0, 0.05) is 7.05 Å². The molecule has 1 aromatic rings. The molecule has 0 saturated carbocycles. The van der Waals surface area contributed by atoms with Crippen LogP contribution in [0.2, 0.25) is 0 Å². The first kappa shape index (κ1) is 9.42. The molecule has 0 unspecified atom stereocenters. The number of nitrogens with one attached hydrogen (secondary N) is 1. The summed E-state index contributed by atoms with van der Waals surface area (Å²) in [5.74, 6) is -0.110. The highest BCUT2D eigenvalue weighted by Crippen LogP contribution is 2.09. The summed E-state index contributed by atoms with van der Waals surface area (Å²) >= 11 is 2.88. The van der Waals surface area contributed by atoms with E-state index in [4.69, 9.17) is 5.73 Å². The zero-order valence-corrected chi connectivity index (χ0v) is 8.42. The fourth-order valence-corrected chi connectivity index (χ4v) is 1.97. The first-order chi connectivity index (χ1) is 5.47. The molecule has 0 amide bonds. The van der Waals surface area contributed by atoms with Crippen molar-refractivity contribution < 1.29 is 8.42 Å². The van der Waals surface area contributed by atoms with Crippen molar-refractivity contribution in [1.82, 2.24) is 18.9 Å². The van der Waals surface area contributed by atoms with Crippen LogP contribution in [-0.2, 0) is 10.2 Å². The standard InChI is InChI=1S/C3H6BrN5O2S/c1-6-12(10,11)9-2(4)7-3(5)8-9/h6H,1H3,(H2,5,8). The normalized spacial score (nSPS) is 11.8. The Kier molecular flexibility index (Phi) is 2.35. The number of hydrogen-bond acceptors (Lipinski definition) is 5. The van der Waals surface area contributed by atoms with E-state index in [0.717, 1.165) is 0 Å². The molecule has 1 heterocycles. The summed E-state index contributed by atoms with van der Waals surface area (Å²) in [4.78, 5) is 3.55. The zero-order valence-electron chi connectivity index (χ0n) is 6.02. The van der Waals surface area contributed by atoms with Crippen LogP contribution >= 0.6 is 15.9 Å². The van der Waals surface area contributed by atoms with Crippen LogP contribution in [0, 0.1) is 0 Å². The summed E-state index contributed by atoms with van der Waals surface area (Å²) in [6.45, 7) is 0. The Balaban J connectivity index is 3.29. The molecule has 12 heavy (non-hydrogen) atoms. The summed E-state index contributed by atoms with van der Waals surface area (Å²) < 4.78 is 24.9. The number of anilines is 1. The molecule has 7 nitrogen and oxygen atoms in total. The number of nitrogens with two attached hydrogens (primary N) is 1. The van der Waals surface area contributed by atoms with E-state index < -0.39 is 10.2 Å². The first-order valence-electron chi connectivity index (χ1n) is 2.79. The fraction of sp³-hybridized carbons (Fsp3) is 0.333. The molecule has 0 fully saturated rings. The minimum atomic E-state index is -3.64. The van der Waals surface area contributed by atoms with E-state index >= 15 is 0 Å². The Labute approximate surface area is 77.3 Å². The van der Waals surface area contributed by atoms with E-state index in [1.807, 2.05) is 0 Å². The minimum Gasteiger partial charge on any atom is -0.366 e. The van der Waals surface area contributed by atoms with Crippen molar-refractivity contribution in [3.8, 4) is 0 Å². The van der Waals surface area contributed by atoms with Gasteiger partial charge in [0.15, 0.2) is 0 Å². The van der Waals surface area contributed by atoms with E-state index in [1.165, 1.54) is 7.05 Å². The monoisotopic (exact) mass is 255 g/mol. The number of aromatic nitrogens is 3. The maximum absolute atomic E-state index is 11.1. The fourth-order valence-electron chi connectivity index (χ4n) is 0.533. The number of hydrogen-bond donors (Lipinski definition) is 2. The average Bonchev–Trinajstić information content (AvgIpc) is 2.31. The predicted molar refractivity (Wildman–Crippen MR) is 45.5 cm³/mol. The van der Waals surface area contributed by atoms with E-state index in [2.05, 4.69) is 30.7 Å². The molecule has 1 rings (SSSR count).